The summed E-state index contributed by atoms with van der Waals surface area (Å²) >= 11 is 6.43. The van der Waals surface area contributed by atoms with Crippen LogP contribution in [-0.4, -0.2) is 62.6 Å². The molecular formula is C25H19ClN8O5S. The van der Waals surface area contributed by atoms with Crippen LogP contribution in [0, 0.1) is 0 Å². The van der Waals surface area contributed by atoms with Gasteiger partial charge in [-0.3, -0.25) is 14.3 Å². The second kappa shape index (κ2) is 11.0. The van der Waals surface area contributed by atoms with Gasteiger partial charge in [0.25, 0.3) is 5.91 Å². The van der Waals surface area contributed by atoms with Crippen molar-refractivity contribution in [2.24, 2.45) is 0 Å². The number of nitrogens with zero attached hydrogens (tertiary/aromatic N) is 7. The Morgan fingerprint density at radius 2 is 1.90 bits per heavy atom. The van der Waals surface area contributed by atoms with Crippen molar-refractivity contribution < 1.29 is 22.4 Å². The zero-order valence-corrected chi connectivity index (χ0v) is 22.5. The van der Waals surface area contributed by atoms with E-state index in [0.29, 0.717) is 22.2 Å². The average Bonchev–Trinajstić information content (AvgIpc) is 3.61. The first-order valence-electron chi connectivity index (χ1n) is 11.4. The Bertz CT molecular complexity index is 1830. The van der Waals surface area contributed by atoms with Crippen LogP contribution in [0.3, 0.4) is 0 Å². The number of methoxy groups -OCH3 is 1. The summed E-state index contributed by atoms with van der Waals surface area (Å²) < 4.78 is 35.8. The van der Waals surface area contributed by atoms with Gasteiger partial charge in [-0.05, 0) is 30.3 Å². The summed E-state index contributed by atoms with van der Waals surface area (Å²) in [5.74, 6) is 0.219. The lowest BCUT2D eigenvalue weighted by Gasteiger charge is -2.11. The number of para-hydroxylation sites is 1. The number of sulfone groups is 1. The van der Waals surface area contributed by atoms with E-state index >= 15 is 0 Å². The topological polar surface area (TPSA) is 168 Å². The van der Waals surface area contributed by atoms with Gasteiger partial charge in [-0.2, -0.15) is 0 Å². The van der Waals surface area contributed by atoms with Crippen molar-refractivity contribution in [2.45, 2.75) is 4.90 Å². The van der Waals surface area contributed by atoms with Gasteiger partial charge in [0.1, 0.15) is 5.69 Å². The number of amides is 1. The Balaban J connectivity index is 1.42. The predicted molar refractivity (Wildman–Crippen MR) is 143 cm³/mol. The summed E-state index contributed by atoms with van der Waals surface area (Å²) in [4.78, 5) is 21.4. The van der Waals surface area contributed by atoms with Gasteiger partial charge in [-0.1, -0.05) is 23.7 Å². The zero-order chi connectivity index (χ0) is 28.3. The smallest absolute Gasteiger partial charge is 0.293 e. The molecule has 0 aliphatic rings. The molecule has 0 aliphatic heterocycles. The molecule has 5 aromatic rings. The van der Waals surface area contributed by atoms with Crippen LogP contribution in [-0.2, 0) is 9.84 Å². The summed E-state index contributed by atoms with van der Waals surface area (Å²) in [6.45, 7) is 0. The molecule has 0 saturated heterocycles. The number of aromatic nitrogens is 7. The lowest BCUT2D eigenvalue weighted by molar-refractivity contribution is 0.0958. The molecule has 4 heterocycles. The van der Waals surface area contributed by atoms with E-state index in [0.717, 1.165) is 6.26 Å². The molecule has 202 valence electrons. The molecule has 40 heavy (non-hydrogen) atoms. The number of hydrogen-bond donors (Lipinski definition) is 1. The van der Waals surface area contributed by atoms with E-state index in [-0.39, 0.29) is 34.0 Å². The Morgan fingerprint density at radius 1 is 1.07 bits per heavy atom. The van der Waals surface area contributed by atoms with Crippen molar-refractivity contribution in [3.8, 4) is 34.5 Å². The van der Waals surface area contributed by atoms with Crippen LogP contribution in [0.4, 0.5) is 0 Å². The second-order valence-electron chi connectivity index (χ2n) is 8.12. The van der Waals surface area contributed by atoms with Gasteiger partial charge in [-0.25, -0.2) is 13.4 Å². The normalized spacial score (nSPS) is 11.6. The molecule has 1 amide bonds. The molecule has 0 fully saturated rings. The molecule has 1 aromatic carbocycles. The molecule has 0 spiro atoms. The van der Waals surface area contributed by atoms with Crippen molar-refractivity contribution in [1.29, 1.82) is 0 Å². The minimum Gasteiger partial charge on any atom is -0.481 e. The number of nitrogens with one attached hydrogen (secondary N) is 1. The van der Waals surface area contributed by atoms with E-state index < -0.39 is 15.7 Å². The van der Waals surface area contributed by atoms with Crippen molar-refractivity contribution in [3.05, 3.63) is 83.9 Å². The lowest BCUT2D eigenvalue weighted by atomic mass is 10.2. The Labute approximate surface area is 232 Å². The minimum absolute atomic E-state index is 0.0374. The molecular weight excluding hydrogens is 560 g/mol. The van der Waals surface area contributed by atoms with E-state index in [1.165, 1.54) is 42.3 Å². The molecule has 0 bridgehead atoms. The SMILES string of the molecule is COc1cc(-c2nnc(C=CNC(=O)c3nnc(-c4ccc(S(C)(=O)=O)cn4)n3-c3ccccc3Cl)o2)ccn1. The van der Waals surface area contributed by atoms with Crippen LogP contribution >= 0.6 is 11.6 Å². The number of halogens is 1. The van der Waals surface area contributed by atoms with E-state index in [9.17, 15) is 13.2 Å². The van der Waals surface area contributed by atoms with Crippen molar-refractivity contribution >= 4 is 33.4 Å². The molecule has 13 nitrogen and oxygen atoms in total. The summed E-state index contributed by atoms with van der Waals surface area (Å²) in [5, 5.41) is 19.0. The lowest BCUT2D eigenvalue weighted by Crippen LogP contribution is -2.22. The maximum absolute atomic E-state index is 13.2. The number of ether oxygens (including phenoxy) is 1. The highest BCUT2D eigenvalue weighted by Crippen LogP contribution is 2.27. The Morgan fingerprint density at radius 3 is 2.62 bits per heavy atom. The molecule has 0 radical (unpaired) electrons. The third-order valence-electron chi connectivity index (χ3n) is 5.42. The van der Waals surface area contributed by atoms with Crippen LogP contribution in [0.25, 0.3) is 34.7 Å². The molecule has 0 aliphatic carbocycles. The molecule has 5 rings (SSSR count). The summed E-state index contributed by atoms with van der Waals surface area (Å²) in [6.07, 6.45) is 6.57. The quantitative estimate of drug-likeness (QED) is 0.287. The van der Waals surface area contributed by atoms with Crippen LogP contribution in [0.1, 0.15) is 16.5 Å². The standard InChI is InChI=1S/C25H19ClN8O5S/c1-38-21-13-15(9-11-27-21)25-33-30-20(39-25)10-12-28-24(35)23-32-31-22(34(23)19-6-4-3-5-17(19)26)18-8-7-16(14-29-18)40(2,36)37/h3-14H,1-2H3,(H,28,35). The van der Waals surface area contributed by atoms with Gasteiger partial charge in [0, 0.05) is 42.6 Å². The number of hydrogen-bond acceptors (Lipinski definition) is 11. The number of rotatable bonds is 8. The van der Waals surface area contributed by atoms with Gasteiger partial charge in [0.15, 0.2) is 15.7 Å². The molecule has 0 unspecified atom stereocenters. The molecule has 0 saturated carbocycles. The van der Waals surface area contributed by atoms with E-state index in [2.05, 4.69) is 35.7 Å². The largest absolute Gasteiger partial charge is 0.481 e. The highest BCUT2D eigenvalue weighted by molar-refractivity contribution is 7.90. The zero-order valence-electron chi connectivity index (χ0n) is 20.9. The number of pyridine rings is 2. The fourth-order valence-electron chi connectivity index (χ4n) is 3.52. The highest BCUT2D eigenvalue weighted by Gasteiger charge is 2.23. The fraction of sp³-hybridized carbons (Fsp3) is 0.0800. The second-order valence-corrected chi connectivity index (χ2v) is 10.5. The summed E-state index contributed by atoms with van der Waals surface area (Å²) in [6, 6.07) is 13.0. The Kier molecular flexibility index (Phi) is 7.35. The molecule has 1 N–H and O–H groups in total. The molecule has 4 aromatic heterocycles. The number of carbonyl (C=O) groups is 1. The van der Waals surface area contributed by atoms with E-state index in [4.69, 9.17) is 20.8 Å². The third-order valence-corrected chi connectivity index (χ3v) is 6.84. The Hall–Kier alpha value is -4.95. The maximum atomic E-state index is 13.2. The van der Waals surface area contributed by atoms with Crippen molar-refractivity contribution in [1.82, 2.24) is 40.2 Å². The first kappa shape index (κ1) is 26.6. The molecule has 15 heteroatoms. The molecule has 0 atom stereocenters. The van der Waals surface area contributed by atoms with Gasteiger partial charge in [-0.15, -0.1) is 20.4 Å². The fourth-order valence-corrected chi connectivity index (χ4v) is 4.30. The van der Waals surface area contributed by atoms with Gasteiger partial charge < -0.3 is 14.5 Å². The summed E-state index contributed by atoms with van der Waals surface area (Å²) in [7, 11) is -1.96. The first-order chi connectivity index (χ1) is 19.2. The van der Waals surface area contributed by atoms with E-state index in [1.807, 2.05) is 0 Å². The summed E-state index contributed by atoms with van der Waals surface area (Å²) in [5.41, 5.74) is 1.31. The van der Waals surface area contributed by atoms with Crippen molar-refractivity contribution in [3.63, 3.8) is 0 Å². The highest BCUT2D eigenvalue weighted by atomic mass is 35.5. The number of carbonyl (C=O) groups excluding carboxylic acids is 1. The van der Waals surface area contributed by atoms with Crippen LogP contribution in [0.15, 0.2) is 76.4 Å². The van der Waals surface area contributed by atoms with Crippen molar-refractivity contribution in [2.75, 3.05) is 13.4 Å². The minimum atomic E-state index is -3.45. The van der Waals surface area contributed by atoms with Gasteiger partial charge in [0.2, 0.25) is 23.5 Å². The predicted octanol–water partition coefficient (Wildman–Crippen LogP) is 3.24. The van der Waals surface area contributed by atoms with Crippen LogP contribution in [0.2, 0.25) is 5.02 Å². The number of benzene rings is 1. The first-order valence-corrected chi connectivity index (χ1v) is 13.7. The van der Waals surface area contributed by atoms with Crippen LogP contribution < -0.4 is 10.1 Å². The maximum Gasteiger partial charge on any atom is 0.293 e. The third kappa shape index (κ3) is 5.57. The van der Waals surface area contributed by atoms with Gasteiger partial charge in [0.05, 0.1) is 22.7 Å². The van der Waals surface area contributed by atoms with Crippen LogP contribution in [0.5, 0.6) is 5.88 Å². The van der Waals surface area contributed by atoms with Gasteiger partial charge >= 0.3 is 0 Å². The monoisotopic (exact) mass is 578 g/mol. The van der Waals surface area contributed by atoms with E-state index in [1.54, 1.807) is 42.6 Å². The average molecular weight is 579 g/mol.